The highest BCUT2D eigenvalue weighted by atomic mass is 16.1. The first-order valence-corrected chi connectivity index (χ1v) is 7.00. The number of hydrogen-bond acceptors (Lipinski definition) is 3. The minimum absolute atomic E-state index is 0.148. The van der Waals surface area contributed by atoms with Crippen molar-refractivity contribution in [2.24, 2.45) is 7.05 Å². The zero-order chi connectivity index (χ0) is 15.5. The molecule has 2 aromatic heterocycles. The number of carbonyl (C=O) groups is 1. The van der Waals surface area contributed by atoms with Gasteiger partial charge in [-0.15, -0.1) is 0 Å². The maximum Gasteiger partial charge on any atom is 0.259 e. The number of carbonyl (C=O) groups excluding carboxylic acids is 1. The molecule has 0 atom stereocenters. The Morgan fingerprint density at radius 1 is 1.27 bits per heavy atom. The molecule has 0 saturated heterocycles. The zero-order valence-electron chi connectivity index (χ0n) is 12.5. The number of amides is 1. The van der Waals surface area contributed by atoms with E-state index in [-0.39, 0.29) is 5.91 Å². The number of rotatable bonds is 4. The van der Waals surface area contributed by atoms with Gasteiger partial charge in [0.1, 0.15) is 0 Å². The number of hydrogen-bond donors (Lipinski definition) is 1. The molecule has 1 aromatic carbocycles. The predicted molar refractivity (Wildman–Crippen MR) is 83.7 cm³/mol. The van der Waals surface area contributed by atoms with Gasteiger partial charge in [-0.2, -0.15) is 10.2 Å². The molecule has 1 N–H and O–H groups in total. The Bertz CT molecular complexity index is 771. The Morgan fingerprint density at radius 3 is 2.64 bits per heavy atom. The Hall–Kier alpha value is -2.89. The second-order valence-corrected chi connectivity index (χ2v) is 5.16. The van der Waals surface area contributed by atoms with E-state index in [4.69, 9.17) is 0 Å². The van der Waals surface area contributed by atoms with Gasteiger partial charge in [0.25, 0.3) is 5.91 Å². The van der Waals surface area contributed by atoms with Gasteiger partial charge in [0, 0.05) is 31.3 Å². The van der Waals surface area contributed by atoms with Crippen molar-refractivity contribution in [2.45, 2.75) is 13.5 Å². The SMILES string of the molecule is Cc1nn(C)cc1C(=O)Nc1ccc(Cn2cccn2)cc1. The van der Waals surface area contributed by atoms with Gasteiger partial charge in [-0.1, -0.05) is 12.1 Å². The van der Waals surface area contributed by atoms with Gasteiger partial charge in [-0.05, 0) is 30.7 Å². The standard InChI is InChI=1S/C16H17N5O/c1-12-15(11-20(2)19-12)16(22)18-14-6-4-13(5-7-14)10-21-9-3-8-17-21/h3-9,11H,10H2,1-2H3,(H,18,22). The van der Waals surface area contributed by atoms with E-state index in [0.717, 1.165) is 16.9 Å². The third-order valence-electron chi connectivity index (χ3n) is 3.37. The maximum absolute atomic E-state index is 12.2. The second kappa shape index (κ2) is 5.85. The lowest BCUT2D eigenvalue weighted by atomic mass is 10.2. The summed E-state index contributed by atoms with van der Waals surface area (Å²) in [6.45, 7) is 2.53. The fourth-order valence-corrected chi connectivity index (χ4v) is 2.30. The summed E-state index contributed by atoms with van der Waals surface area (Å²) >= 11 is 0. The first-order chi connectivity index (χ1) is 10.6. The predicted octanol–water partition coefficient (Wildman–Crippen LogP) is 2.23. The molecule has 2 heterocycles. The van der Waals surface area contributed by atoms with Crippen LogP contribution in [0, 0.1) is 6.92 Å². The van der Waals surface area contributed by atoms with Crippen LogP contribution in [0.5, 0.6) is 0 Å². The fourth-order valence-electron chi connectivity index (χ4n) is 2.30. The molecule has 112 valence electrons. The largest absolute Gasteiger partial charge is 0.322 e. The van der Waals surface area contributed by atoms with Crippen molar-refractivity contribution in [1.29, 1.82) is 0 Å². The molecule has 0 aliphatic carbocycles. The highest BCUT2D eigenvalue weighted by Gasteiger charge is 2.12. The monoisotopic (exact) mass is 295 g/mol. The Balaban J connectivity index is 1.68. The first kappa shape index (κ1) is 14.1. The molecule has 3 aromatic rings. The highest BCUT2D eigenvalue weighted by Crippen LogP contribution is 2.13. The molecular formula is C16H17N5O. The lowest BCUT2D eigenvalue weighted by Gasteiger charge is -2.06. The molecular weight excluding hydrogens is 278 g/mol. The quantitative estimate of drug-likeness (QED) is 0.802. The summed E-state index contributed by atoms with van der Waals surface area (Å²) < 4.78 is 3.49. The van der Waals surface area contributed by atoms with E-state index in [1.165, 1.54) is 0 Å². The zero-order valence-corrected chi connectivity index (χ0v) is 12.5. The van der Waals surface area contributed by atoms with Gasteiger partial charge in [-0.3, -0.25) is 14.2 Å². The smallest absolute Gasteiger partial charge is 0.259 e. The minimum atomic E-state index is -0.148. The normalized spacial score (nSPS) is 10.6. The summed E-state index contributed by atoms with van der Waals surface area (Å²) in [5.41, 5.74) is 3.19. The number of aromatic nitrogens is 4. The van der Waals surface area contributed by atoms with Crippen LogP contribution in [0.4, 0.5) is 5.69 Å². The van der Waals surface area contributed by atoms with Crippen LogP contribution >= 0.6 is 0 Å². The van der Waals surface area contributed by atoms with Crippen molar-refractivity contribution in [1.82, 2.24) is 19.6 Å². The molecule has 0 spiro atoms. The van der Waals surface area contributed by atoms with Crippen molar-refractivity contribution in [3.8, 4) is 0 Å². The van der Waals surface area contributed by atoms with Crippen LogP contribution in [0.1, 0.15) is 21.6 Å². The van der Waals surface area contributed by atoms with E-state index in [0.29, 0.717) is 12.1 Å². The van der Waals surface area contributed by atoms with Crippen molar-refractivity contribution < 1.29 is 4.79 Å². The van der Waals surface area contributed by atoms with Gasteiger partial charge >= 0.3 is 0 Å². The topological polar surface area (TPSA) is 64.7 Å². The molecule has 0 saturated carbocycles. The molecule has 6 nitrogen and oxygen atoms in total. The highest BCUT2D eigenvalue weighted by molar-refractivity contribution is 6.04. The van der Waals surface area contributed by atoms with E-state index in [2.05, 4.69) is 15.5 Å². The molecule has 0 unspecified atom stereocenters. The second-order valence-electron chi connectivity index (χ2n) is 5.16. The third-order valence-corrected chi connectivity index (χ3v) is 3.37. The van der Waals surface area contributed by atoms with E-state index >= 15 is 0 Å². The van der Waals surface area contributed by atoms with E-state index in [9.17, 15) is 4.79 Å². The molecule has 22 heavy (non-hydrogen) atoms. The van der Waals surface area contributed by atoms with Crippen LogP contribution in [0.25, 0.3) is 0 Å². The molecule has 1 amide bonds. The van der Waals surface area contributed by atoms with Gasteiger partial charge < -0.3 is 5.32 Å². The Morgan fingerprint density at radius 2 is 2.05 bits per heavy atom. The number of anilines is 1. The van der Waals surface area contributed by atoms with Crippen molar-refractivity contribution in [3.05, 3.63) is 65.7 Å². The third kappa shape index (κ3) is 3.06. The summed E-state index contributed by atoms with van der Waals surface area (Å²) in [5, 5.41) is 11.2. The summed E-state index contributed by atoms with van der Waals surface area (Å²) in [7, 11) is 1.80. The molecule has 0 bridgehead atoms. The molecule has 3 rings (SSSR count). The summed E-state index contributed by atoms with van der Waals surface area (Å²) in [5.74, 6) is -0.148. The summed E-state index contributed by atoms with van der Waals surface area (Å²) in [6.07, 6.45) is 5.39. The maximum atomic E-state index is 12.2. The van der Waals surface area contributed by atoms with Crippen LogP contribution in [0.15, 0.2) is 48.9 Å². The number of benzene rings is 1. The fraction of sp³-hybridized carbons (Fsp3) is 0.188. The van der Waals surface area contributed by atoms with E-state index in [1.54, 1.807) is 24.1 Å². The van der Waals surface area contributed by atoms with Crippen molar-refractivity contribution in [2.75, 3.05) is 5.32 Å². The molecule has 6 heteroatoms. The van der Waals surface area contributed by atoms with Crippen LogP contribution < -0.4 is 5.32 Å². The number of nitrogens with one attached hydrogen (secondary N) is 1. The van der Waals surface area contributed by atoms with Crippen LogP contribution in [0.3, 0.4) is 0 Å². The number of aryl methyl sites for hydroxylation is 2. The molecule has 0 aliphatic rings. The lowest BCUT2D eigenvalue weighted by molar-refractivity contribution is 0.102. The van der Waals surface area contributed by atoms with Gasteiger partial charge in [-0.25, -0.2) is 0 Å². The van der Waals surface area contributed by atoms with Crippen LogP contribution in [-0.4, -0.2) is 25.5 Å². The summed E-state index contributed by atoms with van der Waals surface area (Å²) in [4.78, 5) is 12.2. The minimum Gasteiger partial charge on any atom is -0.322 e. The van der Waals surface area contributed by atoms with Crippen LogP contribution in [0.2, 0.25) is 0 Å². The van der Waals surface area contributed by atoms with E-state index in [1.807, 2.05) is 48.1 Å². The van der Waals surface area contributed by atoms with E-state index < -0.39 is 0 Å². The first-order valence-electron chi connectivity index (χ1n) is 7.00. The summed E-state index contributed by atoms with van der Waals surface area (Å²) in [6, 6.07) is 9.64. The Labute approximate surface area is 128 Å². The van der Waals surface area contributed by atoms with Crippen molar-refractivity contribution >= 4 is 11.6 Å². The molecule has 0 fully saturated rings. The van der Waals surface area contributed by atoms with Gasteiger partial charge in [0.15, 0.2) is 0 Å². The molecule has 0 radical (unpaired) electrons. The van der Waals surface area contributed by atoms with Gasteiger partial charge in [0.05, 0.1) is 17.8 Å². The average molecular weight is 295 g/mol. The number of nitrogens with zero attached hydrogens (tertiary/aromatic N) is 4. The Kier molecular flexibility index (Phi) is 3.74. The van der Waals surface area contributed by atoms with Crippen LogP contribution in [-0.2, 0) is 13.6 Å². The lowest BCUT2D eigenvalue weighted by Crippen LogP contribution is -2.12. The van der Waals surface area contributed by atoms with Gasteiger partial charge in [0.2, 0.25) is 0 Å². The van der Waals surface area contributed by atoms with Crippen molar-refractivity contribution in [3.63, 3.8) is 0 Å². The molecule has 0 aliphatic heterocycles. The average Bonchev–Trinajstić information content (AvgIpc) is 3.10.